The minimum Gasteiger partial charge on any atom is -0.394 e. The van der Waals surface area contributed by atoms with E-state index < -0.39 is 35.5 Å². The molecule has 0 bridgehead atoms. The molecule has 0 spiro atoms. The fraction of sp³-hybridized carbons (Fsp3) is 0.375. The zero-order chi connectivity index (χ0) is 18.0. The maximum Gasteiger partial charge on any atom is 0.330 e. The predicted molar refractivity (Wildman–Crippen MR) is 89.6 cm³/mol. The smallest absolute Gasteiger partial charge is 0.330 e. The van der Waals surface area contributed by atoms with Crippen LogP contribution in [0.2, 0.25) is 0 Å². The normalized spacial score (nSPS) is 23.1. The van der Waals surface area contributed by atoms with Crippen molar-refractivity contribution in [3.63, 3.8) is 0 Å². The molecular formula is C16H16BrFN2O5. The largest absolute Gasteiger partial charge is 0.394 e. The van der Waals surface area contributed by atoms with E-state index in [1.165, 1.54) is 0 Å². The van der Waals surface area contributed by atoms with Crippen LogP contribution in [0.1, 0.15) is 18.2 Å². The first-order valence-electron chi connectivity index (χ1n) is 7.62. The van der Waals surface area contributed by atoms with Gasteiger partial charge in [0.25, 0.3) is 5.56 Å². The number of aromatic nitrogens is 2. The third-order valence-electron chi connectivity index (χ3n) is 4.01. The zero-order valence-electron chi connectivity index (χ0n) is 13.0. The lowest BCUT2D eigenvalue weighted by atomic mass is 10.1. The van der Waals surface area contributed by atoms with Gasteiger partial charge in [0.2, 0.25) is 5.82 Å². The first-order chi connectivity index (χ1) is 12.0. The Morgan fingerprint density at radius 2 is 2.16 bits per heavy atom. The molecule has 0 amide bonds. The molecule has 25 heavy (non-hydrogen) atoms. The summed E-state index contributed by atoms with van der Waals surface area (Å²) >= 11 is 3.43. The van der Waals surface area contributed by atoms with Crippen molar-refractivity contribution in [3.05, 3.63) is 67.2 Å². The molecule has 1 aliphatic heterocycles. The Balaban J connectivity index is 1.75. The maximum absolute atomic E-state index is 13.5. The minimum absolute atomic E-state index is 0.237. The van der Waals surface area contributed by atoms with Crippen molar-refractivity contribution in [1.29, 1.82) is 0 Å². The number of ether oxygens (including phenoxy) is 2. The Labute approximate surface area is 150 Å². The second-order valence-corrected chi connectivity index (χ2v) is 6.49. The number of hydrogen-bond acceptors (Lipinski definition) is 5. The molecule has 3 atom stereocenters. The van der Waals surface area contributed by atoms with E-state index in [1.807, 2.05) is 29.2 Å². The van der Waals surface area contributed by atoms with Gasteiger partial charge in [-0.3, -0.25) is 14.3 Å². The first kappa shape index (κ1) is 18.0. The van der Waals surface area contributed by atoms with Gasteiger partial charge >= 0.3 is 5.69 Å². The molecule has 1 saturated heterocycles. The fourth-order valence-electron chi connectivity index (χ4n) is 2.70. The second-order valence-electron chi connectivity index (χ2n) is 5.63. The molecule has 134 valence electrons. The summed E-state index contributed by atoms with van der Waals surface area (Å²) in [6.07, 6.45) is -0.934. The van der Waals surface area contributed by atoms with Crippen molar-refractivity contribution >= 4 is 15.9 Å². The van der Waals surface area contributed by atoms with Gasteiger partial charge in [-0.15, -0.1) is 0 Å². The summed E-state index contributed by atoms with van der Waals surface area (Å²) in [5.41, 5.74) is -0.936. The van der Waals surface area contributed by atoms with Crippen molar-refractivity contribution in [2.45, 2.75) is 31.5 Å². The van der Waals surface area contributed by atoms with E-state index in [0.717, 1.165) is 20.8 Å². The SMILES string of the molecule is O=c1[nH]c(=O)n([C@@H]2CC(OCc3ccccc3Br)[C@H](CO)O2)cc1F. The highest BCUT2D eigenvalue weighted by Crippen LogP contribution is 2.30. The van der Waals surface area contributed by atoms with Crippen molar-refractivity contribution in [1.82, 2.24) is 9.55 Å². The molecule has 1 fully saturated rings. The van der Waals surface area contributed by atoms with Crippen molar-refractivity contribution in [3.8, 4) is 0 Å². The molecule has 0 radical (unpaired) electrons. The number of aliphatic hydroxyl groups excluding tert-OH is 1. The van der Waals surface area contributed by atoms with E-state index in [4.69, 9.17) is 9.47 Å². The molecule has 1 aromatic carbocycles. The van der Waals surface area contributed by atoms with Gasteiger partial charge in [-0.2, -0.15) is 4.39 Å². The minimum atomic E-state index is -1.08. The van der Waals surface area contributed by atoms with Crippen LogP contribution in [0.3, 0.4) is 0 Å². The molecule has 0 aliphatic carbocycles. The number of nitrogens with one attached hydrogen (secondary N) is 1. The Kier molecular flexibility index (Phi) is 5.48. The Morgan fingerprint density at radius 3 is 2.88 bits per heavy atom. The third-order valence-corrected chi connectivity index (χ3v) is 4.78. The van der Waals surface area contributed by atoms with Crippen LogP contribution in [-0.4, -0.2) is 33.5 Å². The number of halogens is 2. The van der Waals surface area contributed by atoms with Gasteiger partial charge in [0, 0.05) is 10.9 Å². The fourth-order valence-corrected chi connectivity index (χ4v) is 3.10. The summed E-state index contributed by atoms with van der Waals surface area (Å²) in [5.74, 6) is -1.08. The zero-order valence-corrected chi connectivity index (χ0v) is 14.6. The third kappa shape index (κ3) is 3.90. The van der Waals surface area contributed by atoms with Crippen LogP contribution in [-0.2, 0) is 16.1 Å². The van der Waals surface area contributed by atoms with Gasteiger partial charge in [-0.05, 0) is 11.6 Å². The molecule has 7 nitrogen and oxygen atoms in total. The summed E-state index contributed by atoms with van der Waals surface area (Å²) in [4.78, 5) is 24.9. The monoisotopic (exact) mass is 414 g/mol. The van der Waals surface area contributed by atoms with E-state index in [1.54, 1.807) is 0 Å². The molecule has 2 heterocycles. The second kappa shape index (κ2) is 7.61. The molecule has 3 rings (SSSR count). The molecule has 2 aromatic rings. The quantitative estimate of drug-likeness (QED) is 0.768. The lowest BCUT2D eigenvalue weighted by Gasteiger charge is -2.17. The lowest BCUT2D eigenvalue weighted by Crippen LogP contribution is -2.34. The van der Waals surface area contributed by atoms with Crippen molar-refractivity contribution in [2.75, 3.05) is 6.61 Å². The summed E-state index contributed by atoms with van der Waals surface area (Å²) in [6.45, 7) is -0.0226. The van der Waals surface area contributed by atoms with Crippen LogP contribution < -0.4 is 11.2 Å². The number of hydrogen-bond donors (Lipinski definition) is 2. The number of aliphatic hydroxyl groups is 1. The van der Waals surface area contributed by atoms with Gasteiger partial charge < -0.3 is 14.6 Å². The van der Waals surface area contributed by atoms with E-state index in [2.05, 4.69) is 15.9 Å². The van der Waals surface area contributed by atoms with E-state index in [-0.39, 0.29) is 19.6 Å². The van der Waals surface area contributed by atoms with Crippen LogP contribution in [0, 0.1) is 5.82 Å². The lowest BCUT2D eigenvalue weighted by molar-refractivity contribution is -0.0660. The highest BCUT2D eigenvalue weighted by atomic mass is 79.9. The molecule has 2 N–H and O–H groups in total. The van der Waals surface area contributed by atoms with E-state index in [9.17, 15) is 19.1 Å². The summed E-state index contributed by atoms with van der Waals surface area (Å²) in [5, 5.41) is 9.49. The average Bonchev–Trinajstić information content (AvgIpc) is 3.00. The standard InChI is InChI=1S/C16H16BrFN2O5/c17-10-4-2-1-3-9(10)8-24-12-5-14(25-13(12)7-21)20-6-11(18)15(22)19-16(20)23/h1-4,6,12-14,21H,5,7-8H2,(H,19,22,23)/t12?,13-,14-/m0/s1. The van der Waals surface area contributed by atoms with Crippen molar-refractivity contribution < 1.29 is 19.0 Å². The highest BCUT2D eigenvalue weighted by Gasteiger charge is 2.37. The summed E-state index contributed by atoms with van der Waals surface area (Å²) in [7, 11) is 0. The summed E-state index contributed by atoms with van der Waals surface area (Å²) < 4.78 is 26.7. The van der Waals surface area contributed by atoms with Gasteiger partial charge in [-0.25, -0.2) is 4.79 Å². The molecule has 9 heteroatoms. The highest BCUT2D eigenvalue weighted by molar-refractivity contribution is 9.10. The van der Waals surface area contributed by atoms with Gasteiger partial charge in [-0.1, -0.05) is 34.1 Å². The maximum atomic E-state index is 13.5. The van der Waals surface area contributed by atoms with Crippen LogP contribution in [0.15, 0.2) is 44.5 Å². The van der Waals surface area contributed by atoms with Crippen LogP contribution >= 0.6 is 15.9 Å². The summed E-state index contributed by atoms with van der Waals surface area (Å²) in [6, 6.07) is 7.55. The van der Waals surface area contributed by atoms with Gasteiger partial charge in [0.05, 0.1) is 25.5 Å². The van der Waals surface area contributed by atoms with Crippen molar-refractivity contribution in [2.24, 2.45) is 0 Å². The number of aromatic amines is 1. The first-order valence-corrected chi connectivity index (χ1v) is 8.41. The average molecular weight is 415 g/mol. The topological polar surface area (TPSA) is 93.6 Å². The Bertz CT molecular complexity index is 868. The number of H-pyrrole nitrogens is 1. The van der Waals surface area contributed by atoms with Crippen LogP contribution in [0.5, 0.6) is 0 Å². The van der Waals surface area contributed by atoms with E-state index in [0.29, 0.717) is 0 Å². The molecular weight excluding hydrogens is 399 g/mol. The Morgan fingerprint density at radius 1 is 1.40 bits per heavy atom. The molecule has 1 unspecified atom stereocenters. The molecule has 1 aliphatic rings. The molecule has 0 saturated carbocycles. The predicted octanol–water partition coefficient (Wildman–Crippen LogP) is 1.30. The van der Waals surface area contributed by atoms with E-state index >= 15 is 0 Å². The Hall–Kier alpha value is -1.81. The number of nitrogens with zero attached hydrogens (tertiary/aromatic N) is 1. The van der Waals surface area contributed by atoms with Crippen LogP contribution in [0.25, 0.3) is 0 Å². The molecule has 1 aromatic heterocycles. The number of rotatable bonds is 5. The van der Waals surface area contributed by atoms with Crippen LogP contribution in [0.4, 0.5) is 4.39 Å². The van der Waals surface area contributed by atoms with Gasteiger partial charge in [0.15, 0.2) is 0 Å². The van der Waals surface area contributed by atoms with Gasteiger partial charge in [0.1, 0.15) is 12.3 Å². The number of benzene rings is 1.